The second-order valence-corrected chi connectivity index (χ2v) is 7.36. The van der Waals surface area contributed by atoms with Crippen molar-refractivity contribution < 1.29 is 14.3 Å². The predicted octanol–water partition coefficient (Wildman–Crippen LogP) is 2.01. The Balaban J connectivity index is 1.48. The lowest BCUT2D eigenvalue weighted by atomic mass is 9.90. The second-order valence-electron chi connectivity index (χ2n) is 6.41. The number of thioether (sulfide) groups is 1. The first-order chi connectivity index (χ1) is 11.7. The third-order valence-corrected chi connectivity index (χ3v) is 5.77. The van der Waals surface area contributed by atoms with Crippen LogP contribution in [0.15, 0.2) is 24.3 Å². The highest BCUT2D eigenvalue weighted by Crippen LogP contribution is 2.27. The maximum absolute atomic E-state index is 12.4. The van der Waals surface area contributed by atoms with E-state index < -0.39 is 0 Å². The molecule has 0 N–H and O–H groups in total. The number of piperidine rings is 1. The number of hydrogen-bond acceptors (Lipinski definition) is 4. The number of para-hydroxylation sites is 1. The average Bonchev–Trinajstić information content (AvgIpc) is 3.01. The van der Waals surface area contributed by atoms with Gasteiger partial charge in [0.2, 0.25) is 11.8 Å². The molecule has 24 heavy (non-hydrogen) atoms. The van der Waals surface area contributed by atoms with Crippen LogP contribution in [0, 0.1) is 5.92 Å². The van der Waals surface area contributed by atoms with Gasteiger partial charge in [0.05, 0.1) is 18.7 Å². The molecule has 0 bridgehead atoms. The molecular weight excluding hydrogens is 324 g/mol. The van der Waals surface area contributed by atoms with E-state index in [0.717, 1.165) is 38.1 Å². The minimum Gasteiger partial charge on any atom is -0.496 e. The molecule has 130 valence electrons. The van der Waals surface area contributed by atoms with Gasteiger partial charge in [0.1, 0.15) is 12.3 Å². The first-order valence-electron chi connectivity index (χ1n) is 8.42. The van der Waals surface area contributed by atoms with Crippen LogP contribution in [-0.2, 0) is 16.0 Å². The normalized spacial score (nSPS) is 19.0. The Bertz CT molecular complexity index is 600. The number of amides is 2. The number of nitrogens with zero attached hydrogens (tertiary/aromatic N) is 2. The number of hydrogen-bond donors (Lipinski definition) is 0. The monoisotopic (exact) mass is 348 g/mol. The van der Waals surface area contributed by atoms with Gasteiger partial charge in [0.25, 0.3) is 0 Å². The summed E-state index contributed by atoms with van der Waals surface area (Å²) in [6, 6.07) is 8.15. The van der Waals surface area contributed by atoms with Crippen molar-refractivity contribution in [3.63, 3.8) is 0 Å². The van der Waals surface area contributed by atoms with E-state index in [9.17, 15) is 9.59 Å². The van der Waals surface area contributed by atoms with E-state index in [1.807, 2.05) is 23.1 Å². The average molecular weight is 348 g/mol. The van der Waals surface area contributed by atoms with Crippen LogP contribution in [0.5, 0.6) is 5.75 Å². The summed E-state index contributed by atoms with van der Waals surface area (Å²) in [5.41, 5.74) is 1.24. The number of ether oxygens (including phenoxy) is 1. The summed E-state index contributed by atoms with van der Waals surface area (Å²) >= 11 is 1.58. The molecule has 0 spiro atoms. The van der Waals surface area contributed by atoms with Gasteiger partial charge in [-0.2, -0.15) is 0 Å². The molecular formula is C18H24N2O3S. The Hall–Kier alpha value is -1.69. The summed E-state index contributed by atoms with van der Waals surface area (Å²) in [5.74, 6) is 2.85. The number of benzene rings is 1. The number of carbonyl (C=O) groups is 2. The van der Waals surface area contributed by atoms with Crippen LogP contribution in [0.25, 0.3) is 0 Å². The Morgan fingerprint density at radius 1 is 1.29 bits per heavy atom. The Labute approximate surface area is 147 Å². The van der Waals surface area contributed by atoms with Crippen LogP contribution < -0.4 is 4.74 Å². The largest absolute Gasteiger partial charge is 0.496 e. The van der Waals surface area contributed by atoms with E-state index >= 15 is 0 Å². The molecule has 1 aromatic carbocycles. The van der Waals surface area contributed by atoms with Gasteiger partial charge in [-0.25, -0.2) is 0 Å². The zero-order valence-electron chi connectivity index (χ0n) is 14.1. The zero-order chi connectivity index (χ0) is 16.9. The van der Waals surface area contributed by atoms with Crippen molar-refractivity contribution in [1.29, 1.82) is 0 Å². The topological polar surface area (TPSA) is 49.9 Å². The molecule has 3 rings (SSSR count). The molecule has 2 saturated heterocycles. The van der Waals surface area contributed by atoms with Crippen LogP contribution in [0.4, 0.5) is 0 Å². The lowest BCUT2D eigenvalue weighted by Gasteiger charge is -2.33. The molecule has 2 amide bonds. The second kappa shape index (κ2) is 7.92. The predicted molar refractivity (Wildman–Crippen MR) is 95.0 cm³/mol. The van der Waals surface area contributed by atoms with E-state index in [0.29, 0.717) is 17.5 Å². The van der Waals surface area contributed by atoms with Gasteiger partial charge in [0.15, 0.2) is 0 Å². The summed E-state index contributed by atoms with van der Waals surface area (Å²) in [7, 11) is 1.71. The maximum Gasteiger partial charge on any atom is 0.242 e. The minimum atomic E-state index is 0.0828. The highest BCUT2D eigenvalue weighted by molar-refractivity contribution is 8.00. The highest BCUT2D eigenvalue weighted by Gasteiger charge is 2.28. The Morgan fingerprint density at radius 3 is 2.71 bits per heavy atom. The van der Waals surface area contributed by atoms with Gasteiger partial charge in [-0.1, -0.05) is 18.2 Å². The Kier molecular flexibility index (Phi) is 5.66. The molecule has 1 aromatic rings. The van der Waals surface area contributed by atoms with Crippen molar-refractivity contribution in [1.82, 2.24) is 9.80 Å². The van der Waals surface area contributed by atoms with Crippen molar-refractivity contribution >= 4 is 23.6 Å². The van der Waals surface area contributed by atoms with E-state index in [-0.39, 0.29) is 18.4 Å². The van der Waals surface area contributed by atoms with Gasteiger partial charge >= 0.3 is 0 Å². The van der Waals surface area contributed by atoms with E-state index in [2.05, 4.69) is 6.07 Å². The van der Waals surface area contributed by atoms with Crippen LogP contribution in [0.1, 0.15) is 18.4 Å². The fourth-order valence-electron chi connectivity index (χ4n) is 3.37. The molecule has 0 aliphatic carbocycles. The lowest BCUT2D eigenvalue weighted by molar-refractivity contribution is -0.138. The fraction of sp³-hybridized carbons (Fsp3) is 0.556. The first-order valence-corrected chi connectivity index (χ1v) is 9.58. The third-order valence-electron chi connectivity index (χ3n) is 4.82. The van der Waals surface area contributed by atoms with Crippen LogP contribution >= 0.6 is 11.8 Å². The lowest BCUT2D eigenvalue weighted by Crippen LogP contribution is -2.44. The number of methoxy groups -OCH3 is 1. The number of rotatable bonds is 5. The van der Waals surface area contributed by atoms with Gasteiger partial charge in [-0.05, 0) is 36.8 Å². The van der Waals surface area contributed by atoms with Gasteiger partial charge in [-0.15, -0.1) is 11.8 Å². The number of carbonyl (C=O) groups excluding carboxylic acids is 2. The maximum atomic E-state index is 12.4. The molecule has 5 nitrogen and oxygen atoms in total. The molecule has 0 atom stereocenters. The van der Waals surface area contributed by atoms with E-state index in [1.54, 1.807) is 23.8 Å². The van der Waals surface area contributed by atoms with Crippen molar-refractivity contribution in [2.24, 2.45) is 5.92 Å². The number of likely N-dealkylation sites (tertiary alicyclic amines) is 1. The van der Waals surface area contributed by atoms with Crippen molar-refractivity contribution in [2.45, 2.75) is 19.3 Å². The SMILES string of the molecule is COc1ccccc1CC1CCN(C(=O)CN2CSCC2=O)CC1. The molecule has 6 heteroatoms. The van der Waals surface area contributed by atoms with Crippen LogP contribution in [-0.4, -0.2) is 60.0 Å². The van der Waals surface area contributed by atoms with Crippen molar-refractivity contribution in [2.75, 3.05) is 38.4 Å². The van der Waals surface area contributed by atoms with Gasteiger partial charge < -0.3 is 14.5 Å². The zero-order valence-corrected chi connectivity index (χ0v) is 14.9. The van der Waals surface area contributed by atoms with Gasteiger partial charge in [0, 0.05) is 13.1 Å². The fourth-order valence-corrected chi connectivity index (χ4v) is 4.28. The summed E-state index contributed by atoms with van der Waals surface area (Å²) in [6.45, 7) is 1.81. The molecule has 0 saturated carbocycles. The highest BCUT2D eigenvalue weighted by atomic mass is 32.2. The summed E-state index contributed by atoms with van der Waals surface area (Å²) in [4.78, 5) is 27.6. The summed E-state index contributed by atoms with van der Waals surface area (Å²) in [6.07, 6.45) is 3.01. The first kappa shape index (κ1) is 17.1. The van der Waals surface area contributed by atoms with E-state index in [4.69, 9.17) is 4.74 Å². The molecule has 0 radical (unpaired) electrons. The van der Waals surface area contributed by atoms with Crippen molar-refractivity contribution in [3.05, 3.63) is 29.8 Å². The molecule has 0 unspecified atom stereocenters. The molecule has 2 fully saturated rings. The Morgan fingerprint density at radius 2 is 2.04 bits per heavy atom. The summed E-state index contributed by atoms with van der Waals surface area (Å²) in [5, 5.41) is 0. The molecule has 2 aliphatic rings. The smallest absolute Gasteiger partial charge is 0.242 e. The van der Waals surface area contributed by atoms with Gasteiger partial charge in [-0.3, -0.25) is 9.59 Å². The van der Waals surface area contributed by atoms with Crippen molar-refractivity contribution in [3.8, 4) is 5.75 Å². The molecule has 0 aromatic heterocycles. The minimum absolute atomic E-state index is 0.0828. The quantitative estimate of drug-likeness (QED) is 0.817. The standard InChI is InChI=1S/C18H24N2O3S/c1-23-16-5-3-2-4-15(16)10-14-6-8-19(9-7-14)17(21)11-20-13-24-12-18(20)22/h2-5,14H,6-13H2,1H3. The third kappa shape index (κ3) is 4.04. The van der Waals surface area contributed by atoms with Crippen LogP contribution in [0.2, 0.25) is 0 Å². The summed E-state index contributed by atoms with van der Waals surface area (Å²) < 4.78 is 5.43. The van der Waals surface area contributed by atoms with E-state index in [1.165, 1.54) is 5.56 Å². The van der Waals surface area contributed by atoms with Crippen LogP contribution in [0.3, 0.4) is 0 Å². The molecule has 2 heterocycles. The molecule has 2 aliphatic heterocycles.